The number of amides is 2. The summed E-state index contributed by atoms with van der Waals surface area (Å²) in [6.07, 6.45) is 12.9. The molecule has 35 heavy (non-hydrogen) atoms. The fraction of sp³-hybridized carbons (Fsp3) is 0.750. The molecule has 7 heteroatoms. The van der Waals surface area contributed by atoms with Gasteiger partial charge in [-0.1, -0.05) is 55.8 Å². The summed E-state index contributed by atoms with van der Waals surface area (Å²) in [5.41, 5.74) is 6.14. The quantitative estimate of drug-likeness (QED) is 0.328. The Labute approximate surface area is 216 Å². The molecule has 1 saturated carbocycles. The molecule has 2 aliphatic rings. The number of ether oxygens (including phenoxy) is 1. The molecule has 1 aliphatic heterocycles. The van der Waals surface area contributed by atoms with Crippen LogP contribution in [0.2, 0.25) is 5.02 Å². The first-order valence-electron chi connectivity index (χ1n) is 13.7. The zero-order valence-corrected chi connectivity index (χ0v) is 22.3. The van der Waals surface area contributed by atoms with Gasteiger partial charge in [0.15, 0.2) is 0 Å². The molecule has 3 atom stereocenters. The van der Waals surface area contributed by atoms with E-state index >= 15 is 0 Å². The van der Waals surface area contributed by atoms with Crippen LogP contribution in [0.5, 0.6) is 0 Å². The van der Waals surface area contributed by atoms with Crippen LogP contribution < -0.4 is 11.1 Å². The second-order valence-electron chi connectivity index (χ2n) is 10.7. The number of halogens is 1. The maximum Gasteiger partial charge on any atom is 0.317 e. The third-order valence-corrected chi connectivity index (χ3v) is 8.29. The van der Waals surface area contributed by atoms with Crippen molar-refractivity contribution in [3.8, 4) is 0 Å². The van der Waals surface area contributed by atoms with E-state index in [2.05, 4.69) is 5.32 Å². The Morgan fingerprint density at radius 3 is 2.80 bits per heavy atom. The van der Waals surface area contributed by atoms with Crippen LogP contribution in [0.1, 0.15) is 82.6 Å². The second-order valence-corrected chi connectivity index (χ2v) is 11.1. The van der Waals surface area contributed by atoms with Crippen molar-refractivity contribution in [2.75, 3.05) is 33.4 Å². The lowest BCUT2D eigenvalue weighted by molar-refractivity contribution is -0.0562. The Bertz CT molecular complexity index is 774. The maximum absolute atomic E-state index is 13.0. The summed E-state index contributed by atoms with van der Waals surface area (Å²) in [7, 11) is 1.70. The lowest BCUT2D eigenvalue weighted by atomic mass is 9.74. The van der Waals surface area contributed by atoms with E-state index in [1.165, 1.54) is 38.5 Å². The topological polar surface area (TPSA) is 87.8 Å². The van der Waals surface area contributed by atoms with E-state index < -0.39 is 5.60 Å². The summed E-state index contributed by atoms with van der Waals surface area (Å²) in [6.45, 7) is 2.40. The van der Waals surface area contributed by atoms with Crippen LogP contribution in [-0.4, -0.2) is 55.4 Å². The molecule has 2 amide bonds. The van der Waals surface area contributed by atoms with E-state index in [1.54, 1.807) is 7.11 Å². The number of carbonyl (C=O) groups excluding carboxylic acids is 1. The number of nitrogens with one attached hydrogen (secondary N) is 1. The predicted molar refractivity (Wildman–Crippen MR) is 143 cm³/mol. The third kappa shape index (κ3) is 8.63. The molecule has 198 valence electrons. The molecule has 2 fully saturated rings. The Hall–Kier alpha value is -1.34. The van der Waals surface area contributed by atoms with Crippen LogP contribution >= 0.6 is 11.6 Å². The summed E-state index contributed by atoms with van der Waals surface area (Å²) in [5.74, 6) is 0.754. The standard InChI is InChI=1S/C28H46ClN3O3/c1-35-18-6-5-16-28(34,23-11-7-13-25(29)19-23)24-12-8-17-32(21-24)27(33)31-20-26(30)15-14-22-9-3-2-4-10-22/h7,11,13,19,22,24,26,34H,2-6,8-10,12,14-18,20-21,30H2,1H3,(H,31,33)/t24-,26-,28-/m1/s1. The highest BCUT2D eigenvalue weighted by Gasteiger charge is 2.41. The third-order valence-electron chi connectivity index (χ3n) is 8.05. The number of benzene rings is 1. The highest BCUT2D eigenvalue weighted by molar-refractivity contribution is 6.30. The molecule has 3 rings (SSSR count). The van der Waals surface area contributed by atoms with E-state index in [0.717, 1.165) is 43.6 Å². The molecular weight excluding hydrogens is 462 g/mol. The molecule has 0 spiro atoms. The van der Waals surface area contributed by atoms with Crippen molar-refractivity contribution >= 4 is 17.6 Å². The molecule has 1 aromatic carbocycles. The first kappa shape index (κ1) is 28.2. The fourth-order valence-corrected chi connectivity index (χ4v) is 6.08. The Kier molecular flexibility index (Phi) is 11.6. The van der Waals surface area contributed by atoms with Crippen molar-refractivity contribution in [2.45, 2.75) is 88.7 Å². The summed E-state index contributed by atoms with van der Waals surface area (Å²) in [4.78, 5) is 14.9. The van der Waals surface area contributed by atoms with Gasteiger partial charge in [0.25, 0.3) is 0 Å². The van der Waals surface area contributed by atoms with Gasteiger partial charge in [-0.15, -0.1) is 0 Å². The number of methoxy groups -OCH3 is 1. The number of unbranched alkanes of at least 4 members (excludes halogenated alkanes) is 1. The number of nitrogens with two attached hydrogens (primary N) is 1. The van der Waals surface area contributed by atoms with E-state index in [1.807, 2.05) is 29.2 Å². The number of piperidine rings is 1. The van der Waals surface area contributed by atoms with Crippen LogP contribution in [-0.2, 0) is 10.3 Å². The maximum atomic E-state index is 13.0. The van der Waals surface area contributed by atoms with Gasteiger partial charge in [-0.25, -0.2) is 4.79 Å². The van der Waals surface area contributed by atoms with E-state index in [0.29, 0.717) is 37.7 Å². The van der Waals surface area contributed by atoms with Gasteiger partial charge in [0.2, 0.25) is 0 Å². The minimum Gasteiger partial charge on any atom is -0.385 e. The molecule has 6 nitrogen and oxygen atoms in total. The van der Waals surface area contributed by atoms with Crippen LogP contribution in [0.4, 0.5) is 4.79 Å². The van der Waals surface area contributed by atoms with Crippen LogP contribution in [0.3, 0.4) is 0 Å². The number of nitrogens with zero attached hydrogens (tertiary/aromatic N) is 1. The summed E-state index contributed by atoms with van der Waals surface area (Å²) in [5, 5.41) is 15.6. The van der Waals surface area contributed by atoms with Crippen molar-refractivity contribution in [1.29, 1.82) is 0 Å². The van der Waals surface area contributed by atoms with Gasteiger partial charge >= 0.3 is 6.03 Å². The number of aliphatic hydroxyl groups is 1. The molecule has 0 unspecified atom stereocenters. The Morgan fingerprint density at radius 2 is 2.06 bits per heavy atom. The van der Waals surface area contributed by atoms with Gasteiger partial charge < -0.3 is 25.8 Å². The van der Waals surface area contributed by atoms with Crippen molar-refractivity contribution in [3.05, 3.63) is 34.9 Å². The second kappa shape index (κ2) is 14.4. The lowest BCUT2D eigenvalue weighted by Crippen LogP contribution is -2.52. The monoisotopic (exact) mass is 507 g/mol. The van der Waals surface area contributed by atoms with Gasteiger partial charge in [0.1, 0.15) is 0 Å². The first-order valence-corrected chi connectivity index (χ1v) is 14.1. The summed E-state index contributed by atoms with van der Waals surface area (Å²) < 4.78 is 5.20. The minimum absolute atomic E-state index is 0.00867. The minimum atomic E-state index is -1.03. The molecule has 0 bridgehead atoms. The molecule has 1 saturated heterocycles. The van der Waals surface area contributed by atoms with E-state index in [9.17, 15) is 9.90 Å². The van der Waals surface area contributed by atoms with Crippen LogP contribution in [0, 0.1) is 11.8 Å². The number of hydrogen-bond donors (Lipinski definition) is 3. The number of rotatable bonds is 12. The predicted octanol–water partition coefficient (Wildman–Crippen LogP) is 5.45. The molecule has 4 N–H and O–H groups in total. The average molecular weight is 508 g/mol. The molecule has 0 radical (unpaired) electrons. The lowest BCUT2D eigenvalue weighted by Gasteiger charge is -2.43. The number of urea groups is 1. The Balaban J connectivity index is 1.55. The van der Waals surface area contributed by atoms with Gasteiger partial charge in [-0.2, -0.15) is 0 Å². The fourth-order valence-electron chi connectivity index (χ4n) is 5.89. The van der Waals surface area contributed by atoms with Gasteiger partial charge in [0, 0.05) is 50.3 Å². The highest BCUT2D eigenvalue weighted by Crippen LogP contribution is 2.40. The van der Waals surface area contributed by atoms with E-state index in [4.69, 9.17) is 22.1 Å². The number of carbonyl (C=O) groups is 1. The molecular formula is C28H46ClN3O3. The summed E-state index contributed by atoms with van der Waals surface area (Å²) >= 11 is 6.28. The number of hydrogen-bond acceptors (Lipinski definition) is 4. The van der Waals surface area contributed by atoms with Gasteiger partial charge in [-0.3, -0.25) is 0 Å². The zero-order valence-electron chi connectivity index (χ0n) is 21.5. The van der Waals surface area contributed by atoms with Crippen molar-refractivity contribution in [1.82, 2.24) is 10.2 Å². The average Bonchev–Trinajstić information content (AvgIpc) is 2.89. The van der Waals surface area contributed by atoms with Crippen molar-refractivity contribution in [3.63, 3.8) is 0 Å². The molecule has 1 aromatic rings. The highest BCUT2D eigenvalue weighted by atomic mass is 35.5. The van der Waals surface area contributed by atoms with Gasteiger partial charge in [-0.05, 0) is 68.6 Å². The van der Waals surface area contributed by atoms with Crippen molar-refractivity contribution in [2.24, 2.45) is 17.6 Å². The van der Waals surface area contributed by atoms with Crippen LogP contribution in [0.25, 0.3) is 0 Å². The smallest absolute Gasteiger partial charge is 0.317 e. The molecule has 1 heterocycles. The van der Waals surface area contributed by atoms with Crippen LogP contribution in [0.15, 0.2) is 24.3 Å². The molecule has 0 aromatic heterocycles. The van der Waals surface area contributed by atoms with Crippen molar-refractivity contribution < 1.29 is 14.6 Å². The van der Waals surface area contributed by atoms with E-state index in [-0.39, 0.29) is 18.0 Å². The SMILES string of the molecule is COCCCC[C@@](O)(c1cccc(Cl)c1)[C@@H]1CCCN(C(=O)NC[C@H](N)CCC2CCCCC2)C1. The first-order chi connectivity index (χ1) is 16.9. The summed E-state index contributed by atoms with van der Waals surface area (Å²) in [6, 6.07) is 7.45. The van der Waals surface area contributed by atoms with Gasteiger partial charge in [0.05, 0.1) is 5.60 Å². The normalized spacial score (nSPS) is 21.9. The number of likely N-dealkylation sites (tertiary alicyclic amines) is 1. The Morgan fingerprint density at radius 1 is 1.26 bits per heavy atom. The largest absolute Gasteiger partial charge is 0.385 e. The molecule has 1 aliphatic carbocycles. The zero-order chi connectivity index (χ0) is 25.1.